The second kappa shape index (κ2) is 7.14. The summed E-state index contributed by atoms with van der Waals surface area (Å²) in [6.45, 7) is 2.06. The van der Waals surface area contributed by atoms with Crippen LogP contribution in [0.15, 0.2) is 41.3 Å². The molecule has 2 heterocycles. The van der Waals surface area contributed by atoms with Crippen molar-refractivity contribution in [2.24, 2.45) is 0 Å². The Hall–Kier alpha value is -2.29. The average molecular weight is 388 g/mol. The highest BCUT2D eigenvalue weighted by atomic mass is 32.2. The van der Waals surface area contributed by atoms with Gasteiger partial charge in [0.15, 0.2) is 21.5 Å². The van der Waals surface area contributed by atoms with Crippen LogP contribution >= 0.6 is 11.3 Å². The van der Waals surface area contributed by atoms with Gasteiger partial charge in [0.2, 0.25) is 12.7 Å². The van der Waals surface area contributed by atoms with Crippen LogP contribution in [-0.4, -0.2) is 28.0 Å². The number of anilines is 1. The van der Waals surface area contributed by atoms with E-state index < -0.39 is 11.2 Å². The zero-order chi connectivity index (χ0) is 18.1. The smallest absolute Gasteiger partial charge is 0.231 e. The molecule has 0 radical (unpaired) electrons. The predicted octanol–water partition coefficient (Wildman–Crippen LogP) is 3.33. The van der Waals surface area contributed by atoms with Crippen molar-refractivity contribution >= 4 is 43.8 Å². The van der Waals surface area contributed by atoms with Gasteiger partial charge in [0.05, 0.1) is 11.1 Å². The van der Waals surface area contributed by atoms with Crippen molar-refractivity contribution in [2.75, 3.05) is 17.9 Å². The molecule has 0 saturated carbocycles. The molecule has 134 valence electrons. The standard InChI is InChI=1S/C18H16N2O4S2/c1-2-26(22)12-5-3-11(4-6-12)9-15(21)19-18-20-16-14(25-18)8-7-13-17(16)24-10-23-13/h3-8H,2,9-10H2,1H3,(H,19,20,21). The fraction of sp³-hybridized carbons (Fsp3) is 0.222. The highest BCUT2D eigenvalue weighted by Crippen LogP contribution is 2.41. The molecule has 1 N–H and O–H groups in total. The minimum Gasteiger partial charge on any atom is -0.611 e. The minimum absolute atomic E-state index is 0.151. The molecule has 0 fully saturated rings. The summed E-state index contributed by atoms with van der Waals surface area (Å²) in [6.07, 6.45) is 0.229. The number of carbonyl (C=O) groups excluding carboxylic acids is 1. The van der Waals surface area contributed by atoms with Crippen LogP contribution in [0.5, 0.6) is 11.5 Å². The molecule has 0 bridgehead atoms. The Morgan fingerprint density at radius 1 is 1.27 bits per heavy atom. The van der Waals surface area contributed by atoms with Crippen LogP contribution in [-0.2, 0) is 22.4 Å². The van der Waals surface area contributed by atoms with Crippen LogP contribution in [0.25, 0.3) is 10.2 Å². The number of benzene rings is 2. The van der Waals surface area contributed by atoms with Gasteiger partial charge in [-0.25, -0.2) is 4.98 Å². The molecule has 4 rings (SSSR count). The lowest BCUT2D eigenvalue weighted by atomic mass is 10.1. The van der Waals surface area contributed by atoms with Gasteiger partial charge in [0.25, 0.3) is 0 Å². The molecule has 6 nitrogen and oxygen atoms in total. The maximum atomic E-state index is 12.3. The van der Waals surface area contributed by atoms with Crippen molar-refractivity contribution < 1.29 is 18.8 Å². The number of hydrogen-bond acceptors (Lipinski definition) is 6. The zero-order valence-electron chi connectivity index (χ0n) is 14.0. The van der Waals surface area contributed by atoms with E-state index in [4.69, 9.17) is 9.47 Å². The van der Waals surface area contributed by atoms with Crippen LogP contribution in [0.1, 0.15) is 12.5 Å². The minimum atomic E-state index is -0.983. The van der Waals surface area contributed by atoms with E-state index in [1.807, 2.05) is 31.2 Å². The van der Waals surface area contributed by atoms with Crippen molar-refractivity contribution in [2.45, 2.75) is 18.2 Å². The molecule has 1 unspecified atom stereocenters. The molecule has 26 heavy (non-hydrogen) atoms. The summed E-state index contributed by atoms with van der Waals surface area (Å²) in [5.74, 6) is 1.72. The fourth-order valence-corrected chi connectivity index (χ4v) is 4.34. The Morgan fingerprint density at radius 2 is 2.08 bits per heavy atom. The van der Waals surface area contributed by atoms with Gasteiger partial charge in [0, 0.05) is 0 Å². The van der Waals surface area contributed by atoms with Gasteiger partial charge in [-0.15, -0.1) is 0 Å². The topological polar surface area (TPSA) is 83.5 Å². The first-order chi connectivity index (χ1) is 12.6. The Balaban J connectivity index is 1.46. The van der Waals surface area contributed by atoms with Gasteiger partial charge in [-0.3, -0.25) is 4.79 Å². The van der Waals surface area contributed by atoms with Gasteiger partial charge in [-0.2, -0.15) is 0 Å². The number of nitrogens with zero attached hydrogens (tertiary/aromatic N) is 1. The third kappa shape index (κ3) is 3.35. The lowest BCUT2D eigenvalue weighted by Crippen LogP contribution is -2.14. The number of thiazole rings is 1. The molecule has 1 aromatic heterocycles. The number of amides is 1. The molecule has 1 aliphatic rings. The monoisotopic (exact) mass is 388 g/mol. The molecule has 3 aromatic rings. The maximum Gasteiger partial charge on any atom is 0.231 e. The van der Waals surface area contributed by atoms with Gasteiger partial charge in [-0.05, 0) is 47.9 Å². The Labute approximate surface area is 157 Å². The number of fused-ring (bicyclic) bond motifs is 3. The maximum absolute atomic E-state index is 12.3. The first-order valence-electron chi connectivity index (χ1n) is 8.10. The summed E-state index contributed by atoms with van der Waals surface area (Å²) in [7, 11) is 0. The molecular weight excluding hydrogens is 372 g/mol. The lowest BCUT2D eigenvalue weighted by molar-refractivity contribution is -0.115. The molecule has 8 heteroatoms. The van der Waals surface area contributed by atoms with Gasteiger partial charge in [-0.1, -0.05) is 23.5 Å². The van der Waals surface area contributed by atoms with Crippen molar-refractivity contribution in [3.63, 3.8) is 0 Å². The Kier molecular flexibility index (Phi) is 4.71. The summed E-state index contributed by atoms with van der Waals surface area (Å²) in [4.78, 5) is 17.5. The summed E-state index contributed by atoms with van der Waals surface area (Å²) in [6, 6.07) is 11.0. The quantitative estimate of drug-likeness (QED) is 0.678. The number of aromatic nitrogens is 1. The number of carbonyl (C=O) groups is 1. The van der Waals surface area contributed by atoms with E-state index in [0.29, 0.717) is 27.9 Å². The van der Waals surface area contributed by atoms with Gasteiger partial charge < -0.3 is 19.3 Å². The van der Waals surface area contributed by atoms with Gasteiger partial charge >= 0.3 is 0 Å². The van der Waals surface area contributed by atoms with Crippen LogP contribution in [0.4, 0.5) is 5.13 Å². The number of ether oxygens (including phenoxy) is 2. The fourth-order valence-electron chi connectivity index (χ4n) is 2.68. The first kappa shape index (κ1) is 17.1. The van der Waals surface area contributed by atoms with Crippen LogP contribution in [0, 0.1) is 0 Å². The summed E-state index contributed by atoms with van der Waals surface area (Å²) >= 11 is 0.410. The zero-order valence-corrected chi connectivity index (χ0v) is 15.6. The van der Waals surface area contributed by atoms with E-state index in [-0.39, 0.29) is 19.1 Å². The Morgan fingerprint density at radius 3 is 2.85 bits per heavy atom. The average Bonchev–Trinajstić information content (AvgIpc) is 3.27. The molecule has 2 aromatic carbocycles. The van der Waals surface area contributed by atoms with Crippen molar-refractivity contribution in [1.29, 1.82) is 0 Å². The SMILES string of the molecule is CC[S+]([O-])c1ccc(CC(=O)Nc2nc3c4c(ccc3s2)OCO4)cc1. The van der Waals surface area contributed by atoms with E-state index in [9.17, 15) is 9.35 Å². The molecule has 0 aliphatic carbocycles. The number of rotatable bonds is 5. The third-order valence-electron chi connectivity index (χ3n) is 3.96. The lowest BCUT2D eigenvalue weighted by Gasteiger charge is -2.08. The van der Waals surface area contributed by atoms with Crippen LogP contribution in [0.2, 0.25) is 0 Å². The number of hydrogen-bond donors (Lipinski definition) is 1. The van der Waals surface area contributed by atoms with E-state index in [1.165, 1.54) is 11.3 Å². The van der Waals surface area contributed by atoms with Crippen molar-refractivity contribution in [3.8, 4) is 11.5 Å². The third-order valence-corrected chi connectivity index (χ3v) is 6.21. The second-order valence-electron chi connectivity index (χ2n) is 5.67. The Bertz CT molecular complexity index is 956. The second-order valence-corrected chi connectivity index (χ2v) is 8.44. The molecule has 0 spiro atoms. The predicted molar refractivity (Wildman–Crippen MR) is 101 cm³/mol. The molecule has 0 saturated heterocycles. The highest BCUT2D eigenvalue weighted by Gasteiger charge is 2.20. The summed E-state index contributed by atoms with van der Waals surface area (Å²) in [5, 5.41) is 3.36. The van der Waals surface area contributed by atoms with Crippen molar-refractivity contribution in [3.05, 3.63) is 42.0 Å². The number of nitrogens with one attached hydrogen (secondary N) is 1. The van der Waals surface area contributed by atoms with Crippen LogP contribution in [0.3, 0.4) is 0 Å². The van der Waals surface area contributed by atoms with E-state index in [2.05, 4.69) is 10.3 Å². The largest absolute Gasteiger partial charge is 0.611 e. The highest BCUT2D eigenvalue weighted by molar-refractivity contribution is 7.91. The molecule has 1 aliphatic heterocycles. The summed E-state index contributed by atoms with van der Waals surface area (Å²) in [5.41, 5.74) is 1.56. The summed E-state index contributed by atoms with van der Waals surface area (Å²) < 4.78 is 23.5. The molecule has 1 atom stereocenters. The molecule has 1 amide bonds. The first-order valence-corrected chi connectivity index (χ1v) is 10.2. The van der Waals surface area contributed by atoms with E-state index >= 15 is 0 Å². The van der Waals surface area contributed by atoms with E-state index in [1.54, 1.807) is 12.1 Å². The molecular formula is C18H16N2O4S2. The normalized spacial score (nSPS) is 13.8. The van der Waals surface area contributed by atoms with Gasteiger partial charge in [0.1, 0.15) is 11.3 Å². The van der Waals surface area contributed by atoms with Crippen LogP contribution < -0.4 is 14.8 Å². The van der Waals surface area contributed by atoms with Crippen molar-refractivity contribution in [1.82, 2.24) is 4.98 Å². The van der Waals surface area contributed by atoms with E-state index in [0.717, 1.165) is 15.2 Å².